The highest BCUT2D eigenvalue weighted by molar-refractivity contribution is 7.13. The molecule has 0 saturated heterocycles. The zero-order chi connectivity index (χ0) is 16.2. The van der Waals surface area contributed by atoms with Gasteiger partial charge in [-0.1, -0.05) is 18.2 Å². The van der Waals surface area contributed by atoms with Gasteiger partial charge < -0.3 is 4.74 Å². The van der Waals surface area contributed by atoms with Crippen LogP contribution in [0.2, 0.25) is 0 Å². The first kappa shape index (κ1) is 15.2. The quantitative estimate of drug-likeness (QED) is 0.781. The number of anilines is 1. The Morgan fingerprint density at radius 3 is 2.83 bits per heavy atom. The molecule has 0 aliphatic carbocycles. The Kier molecular flexibility index (Phi) is 4.38. The number of carbonyl (C=O) groups is 1. The van der Waals surface area contributed by atoms with E-state index >= 15 is 0 Å². The summed E-state index contributed by atoms with van der Waals surface area (Å²) in [6, 6.07) is 9.74. The Balaban J connectivity index is 1.70. The van der Waals surface area contributed by atoms with Crippen molar-refractivity contribution in [3.63, 3.8) is 0 Å². The summed E-state index contributed by atoms with van der Waals surface area (Å²) in [7, 11) is 0. The number of hydrogen-bond donors (Lipinski definition) is 1. The lowest BCUT2D eigenvalue weighted by Crippen LogP contribution is -2.30. The minimum Gasteiger partial charge on any atom is -0.463 e. The van der Waals surface area contributed by atoms with Crippen LogP contribution in [-0.4, -0.2) is 26.8 Å². The van der Waals surface area contributed by atoms with Crippen LogP contribution in [0.1, 0.15) is 12.5 Å². The van der Waals surface area contributed by atoms with Crippen LogP contribution in [-0.2, 0) is 4.79 Å². The molecule has 0 fully saturated rings. The van der Waals surface area contributed by atoms with Gasteiger partial charge in [-0.05, 0) is 26.0 Å². The molecule has 0 bridgehead atoms. The lowest BCUT2D eigenvalue weighted by molar-refractivity contribution is -0.122. The number of hydrogen-bond acceptors (Lipinski definition) is 5. The third kappa shape index (κ3) is 3.57. The number of amides is 1. The van der Waals surface area contributed by atoms with E-state index in [1.807, 2.05) is 43.5 Å². The second kappa shape index (κ2) is 6.62. The molecule has 0 spiro atoms. The molecule has 7 heteroatoms. The van der Waals surface area contributed by atoms with Crippen molar-refractivity contribution in [3.8, 4) is 11.6 Å². The van der Waals surface area contributed by atoms with Gasteiger partial charge in [0.05, 0.1) is 5.69 Å². The van der Waals surface area contributed by atoms with Crippen molar-refractivity contribution < 1.29 is 9.53 Å². The monoisotopic (exact) mass is 328 g/mol. The van der Waals surface area contributed by atoms with E-state index in [1.165, 1.54) is 11.3 Å². The topological polar surface area (TPSA) is 69.0 Å². The summed E-state index contributed by atoms with van der Waals surface area (Å²) in [5, 5.41) is 9.46. The summed E-state index contributed by atoms with van der Waals surface area (Å²) >= 11 is 1.36. The van der Waals surface area contributed by atoms with Crippen LogP contribution in [0.15, 0.2) is 48.1 Å². The molecule has 23 heavy (non-hydrogen) atoms. The zero-order valence-electron chi connectivity index (χ0n) is 12.8. The summed E-state index contributed by atoms with van der Waals surface area (Å²) in [5.41, 5.74) is 1.80. The van der Waals surface area contributed by atoms with Gasteiger partial charge in [-0.25, -0.2) is 9.67 Å². The number of carbonyl (C=O) groups excluding carboxylic acids is 1. The average molecular weight is 328 g/mol. The van der Waals surface area contributed by atoms with Crippen LogP contribution >= 0.6 is 11.3 Å². The fourth-order valence-corrected chi connectivity index (χ4v) is 2.52. The van der Waals surface area contributed by atoms with Gasteiger partial charge in [0.1, 0.15) is 0 Å². The van der Waals surface area contributed by atoms with Crippen LogP contribution in [0, 0.1) is 6.92 Å². The highest BCUT2D eigenvalue weighted by atomic mass is 32.1. The summed E-state index contributed by atoms with van der Waals surface area (Å²) in [5.74, 6) is 0.184. The first-order chi connectivity index (χ1) is 11.1. The largest absolute Gasteiger partial charge is 0.463 e. The normalized spacial score (nSPS) is 11.9. The Morgan fingerprint density at radius 2 is 2.13 bits per heavy atom. The van der Waals surface area contributed by atoms with Crippen LogP contribution in [0.3, 0.4) is 0 Å². The van der Waals surface area contributed by atoms with Gasteiger partial charge in [0.25, 0.3) is 5.91 Å². The SMILES string of the molecule is Cc1cn(-c2ccccc2)nc1O[C@H](C)C(=O)Nc1nccs1. The minimum atomic E-state index is -0.670. The standard InChI is InChI=1S/C16H16N4O2S/c1-11-10-20(13-6-4-3-5-7-13)19-15(11)22-12(2)14(21)18-16-17-8-9-23-16/h3-10,12H,1-2H3,(H,17,18,21)/t12-/m1/s1. The number of benzene rings is 1. The maximum atomic E-state index is 12.1. The number of aryl methyl sites for hydroxylation is 1. The Hall–Kier alpha value is -2.67. The summed E-state index contributed by atoms with van der Waals surface area (Å²) in [4.78, 5) is 16.1. The molecule has 6 nitrogen and oxygen atoms in total. The van der Waals surface area contributed by atoms with Crippen LogP contribution in [0.4, 0.5) is 5.13 Å². The van der Waals surface area contributed by atoms with Gasteiger partial charge in [0.15, 0.2) is 11.2 Å². The Bertz CT molecular complexity index is 784. The van der Waals surface area contributed by atoms with E-state index in [2.05, 4.69) is 15.4 Å². The molecule has 0 aliphatic rings. The van der Waals surface area contributed by atoms with E-state index in [1.54, 1.807) is 23.2 Å². The highest BCUT2D eigenvalue weighted by Gasteiger charge is 2.18. The van der Waals surface area contributed by atoms with E-state index < -0.39 is 6.10 Å². The third-order valence-corrected chi connectivity index (χ3v) is 3.88. The van der Waals surface area contributed by atoms with Gasteiger partial charge in [0.2, 0.25) is 5.88 Å². The van der Waals surface area contributed by atoms with E-state index in [0.717, 1.165) is 11.3 Å². The number of ether oxygens (including phenoxy) is 1. The number of nitrogens with zero attached hydrogens (tertiary/aromatic N) is 3. The predicted molar refractivity (Wildman–Crippen MR) is 89.1 cm³/mol. The van der Waals surface area contributed by atoms with Crippen LogP contribution < -0.4 is 10.1 Å². The molecule has 0 radical (unpaired) electrons. The summed E-state index contributed by atoms with van der Waals surface area (Å²) in [6.45, 7) is 3.58. The lowest BCUT2D eigenvalue weighted by Gasteiger charge is -2.12. The van der Waals surface area contributed by atoms with Gasteiger partial charge in [-0.15, -0.1) is 16.4 Å². The van der Waals surface area contributed by atoms with Gasteiger partial charge in [-0.3, -0.25) is 10.1 Å². The molecular weight excluding hydrogens is 312 g/mol. The van der Waals surface area contributed by atoms with Crippen LogP contribution in [0.25, 0.3) is 5.69 Å². The van der Waals surface area contributed by atoms with Crippen molar-refractivity contribution in [2.75, 3.05) is 5.32 Å². The van der Waals surface area contributed by atoms with Crippen molar-refractivity contribution in [2.45, 2.75) is 20.0 Å². The molecule has 3 aromatic rings. The maximum Gasteiger partial charge on any atom is 0.266 e. The summed E-state index contributed by atoms with van der Waals surface area (Å²) < 4.78 is 7.42. The van der Waals surface area contributed by atoms with Crippen molar-refractivity contribution in [3.05, 3.63) is 53.7 Å². The van der Waals surface area contributed by atoms with Gasteiger partial charge in [-0.2, -0.15) is 0 Å². The summed E-state index contributed by atoms with van der Waals surface area (Å²) in [6.07, 6.45) is 2.84. The first-order valence-corrected chi connectivity index (χ1v) is 8.00. The average Bonchev–Trinajstić information content (AvgIpc) is 3.18. The fourth-order valence-electron chi connectivity index (χ4n) is 1.99. The van der Waals surface area contributed by atoms with Gasteiger partial charge in [0, 0.05) is 23.3 Å². The predicted octanol–water partition coefficient (Wildman–Crippen LogP) is 3.04. The molecule has 1 atom stereocenters. The van der Waals surface area contributed by atoms with Crippen molar-refractivity contribution in [2.24, 2.45) is 0 Å². The Morgan fingerprint density at radius 1 is 1.35 bits per heavy atom. The number of rotatable bonds is 5. The van der Waals surface area contributed by atoms with Crippen molar-refractivity contribution >= 4 is 22.4 Å². The lowest BCUT2D eigenvalue weighted by atomic mass is 10.3. The molecule has 0 saturated carbocycles. The first-order valence-electron chi connectivity index (χ1n) is 7.12. The molecule has 1 N–H and O–H groups in total. The molecular formula is C16H16N4O2S. The highest BCUT2D eigenvalue weighted by Crippen LogP contribution is 2.19. The molecule has 3 rings (SSSR count). The minimum absolute atomic E-state index is 0.256. The fraction of sp³-hybridized carbons (Fsp3) is 0.188. The molecule has 1 amide bonds. The third-order valence-electron chi connectivity index (χ3n) is 3.19. The molecule has 2 heterocycles. The smallest absolute Gasteiger partial charge is 0.266 e. The van der Waals surface area contributed by atoms with E-state index in [0.29, 0.717) is 11.0 Å². The Labute approximate surface area is 137 Å². The molecule has 0 unspecified atom stereocenters. The van der Waals surface area contributed by atoms with Crippen molar-refractivity contribution in [1.29, 1.82) is 0 Å². The zero-order valence-corrected chi connectivity index (χ0v) is 13.6. The number of aromatic nitrogens is 3. The van der Waals surface area contributed by atoms with Gasteiger partial charge >= 0.3 is 0 Å². The van der Waals surface area contributed by atoms with E-state index in [4.69, 9.17) is 4.74 Å². The molecule has 2 aromatic heterocycles. The van der Waals surface area contributed by atoms with E-state index in [-0.39, 0.29) is 5.91 Å². The number of nitrogens with one attached hydrogen (secondary N) is 1. The maximum absolute atomic E-state index is 12.1. The van der Waals surface area contributed by atoms with Crippen molar-refractivity contribution in [1.82, 2.24) is 14.8 Å². The van der Waals surface area contributed by atoms with Crippen LogP contribution in [0.5, 0.6) is 5.88 Å². The second-order valence-corrected chi connectivity index (χ2v) is 5.88. The number of para-hydroxylation sites is 1. The molecule has 0 aliphatic heterocycles. The number of thiazole rings is 1. The second-order valence-electron chi connectivity index (χ2n) is 4.98. The molecule has 1 aromatic carbocycles. The molecule has 118 valence electrons. The van der Waals surface area contributed by atoms with E-state index in [9.17, 15) is 4.79 Å².